The zero-order chi connectivity index (χ0) is 19.9. The van der Waals surface area contributed by atoms with Gasteiger partial charge in [-0.3, -0.25) is 4.79 Å². The lowest BCUT2D eigenvalue weighted by atomic mass is 9.73. The van der Waals surface area contributed by atoms with E-state index in [0.29, 0.717) is 6.42 Å². The number of ketones is 1. The number of unbranched alkanes of at least 4 members (excludes halogenated alkanes) is 1. The fourth-order valence-corrected chi connectivity index (χ4v) is 4.93. The lowest BCUT2D eigenvalue weighted by Gasteiger charge is -2.38. The Hall–Kier alpha value is -2.08. The quantitative estimate of drug-likeness (QED) is 0.560. The monoisotopic (exact) mass is 396 g/mol. The minimum atomic E-state index is -0.205. The Morgan fingerprint density at radius 1 is 1.25 bits per heavy atom. The molecule has 1 N–H and O–H groups in total. The van der Waals surface area contributed by atoms with E-state index in [1.54, 1.807) is 11.8 Å². The molecule has 0 fully saturated rings. The Labute approximate surface area is 171 Å². The van der Waals surface area contributed by atoms with Crippen LogP contribution in [0.15, 0.2) is 40.7 Å². The van der Waals surface area contributed by atoms with Crippen molar-refractivity contribution in [3.8, 4) is 0 Å². The summed E-state index contributed by atoms with van der Waals surface area (Å²) in [5.74, 6) is 1.97. The van der Waals surface area contributed by atoms with Gasteiger partial charge in [-0.15, -0.1) is 5.10 Å². The van der Waals surface area contributed by atoms with Crippen LogP contribution in [0.25, 0.3) is 0 Å². The first kappa shape index (κ1) is 19.2. The van der Waals surface area contributed by atoms with Crippen LogP contribution in [0.4, 0.5) is 5.95 Å². The molecule has 28 heavy (non-hydrogen) atoms. The maximum Gasteiger partial charge on any atom is 0.227 e. The first-order chi connectivity index (χ1) is 13.4. The number of thioether (sulfide) groups is 1. The highest BCUT2D eigenvalue weighted by Crippen LogP contribution is 2.45. The van der Waals surface area contributed by atoms with Gasteiger partial charge in [0.1, 0.15) is 6.04 Å². The van der Waals surface area contributed by atoms with E-state index < -0.39 is 0 Å². The summed E-state index contributed by atoms with van der Waals surface area (Å²) < 4.78 is 1.91. The molecule has 0 amide bonds. The lowest BCUT2D eigenvalue weighted by Crippen LogP contribution is -2.36. The SMILES string of the molecule is CCCCSc1nc2n(n1)[C@@H](c1ccc(C)cc1)C1=C(CC(C)(C)CC1=O)N2. The van der Waals surface area contributed by atoms with E-state index in [4.69, 9.17) is 10.1 Å². The van der Waals surface area contributed by atoms with Gasteiger partial charge < -0.3 is 5.32 Å². The zero-order valence-corrected chi connectivity index (χ0v) is 17.9. The third kappa shape index (κ3) is 3.62. The average molecular weight is 397 g/mol. The molecule has 4 rings (SSSR count). The number of Topliss-reactive ketones (excluding diaryl/α,β-unsaturated/α-hetero) is 1. The molecule has 2 aromatic rings. The summed E-state index contributed by atoms with van der Waals surface area (Å²) in [7, 11) is 0. The molecule has 1 aromatic carbocycles. The second kappa shape index (κ2) is 7.39. The van der Waals surface area contributed by atoms with Crippen molar-refractivity contribution in [1.29, 1.82) is 0 Å². The minimum absolute atomic E-state index is 0.0400. The largest absolute Gasteiger partial charge is 0.328 e. The van der Waals surface area contributed by atoms with Gasteiger partial charge in [0.2, 0.25) is 11.1 Å². The van der Waals surface area contributed by atoms with Crippen LogP contribution in [-0.2, 0) is 4.79 Å². The topological polar surface area (TPSA) is 59.8 Å². The molecule has 1 atom stereocenters. The third-order valence-electron chi connectivity index (χ3n) is 5.43. The average Bonchev–Trinajstić information content (AvgIpc) is 3.02. The Morgan fingerprint density at radius 3 is 2.71 bits per heavy atom. The number of allylic oxidation sites excluding steroid dienone is 2. The van der Waals surface area contributed by atoms with E-state index in [-0.39, 0.29) is 17.2 Å². The van der Waals surface area contributed by atoms with Crippen molar-refractivity contribution in [2.75, 3.05) is 11.1 Å². The third-order valence-corrected chi connectivity index (χ3v) is 6.36. The predicted molar refractivity (Wildman–Crippen MR) is 114 cm³/mol. The predicted octanol–water partition coefficient (Wildman–Crippen LogP) is 5.14. The second-order valence-corrected chi connectivity index (χ2v) is 9.70. The van der Waals surface area contributed by atoms with Crippen molar-refractivity contribution in [1.82, 2.24) is 14.8 Å². The number of nitrogens with zero attached hydrogens (tertiary/aromatic N) is 3. The van der Waals surface area contributed by atoms with E-state index in [0.717, 1.165) is 53.0 Å². The number of fused-ring (bicyclic) bond motifs is 1. The number of carbonyl (C=O) groups excluding carboxylic acids is 1. The van der Waals surface area contributed by atoms with Gasteiger partial charge in [-0.05, 0) is 30.7 Å². The normalized spacial score (nSPS) is 20.6. The van der Waals surface area contributed by atoms with Crippen LogP contribution in [0, 0.1) is 12.3 Å². The van der Waals surface area contributed by atoms with Crippen molar-refractivity contribution < 1.29 is 4.79 Å². The number of carbonyl (C=O) groups is 1. The van der Waals surface area contributed by atoms with Gasteiger partial charge in [-0.2, -0.15) is 4.98 Å². The number of hydrogen-bond acceptors (Lipinski definition) is 5. The Morgan fingerprint density at radius 2 is 2.00 bits per heavy atom. The number of rotatable bonds is 5. The van der Waals surface area contributed by atoms with Gasteiger partial charge in [0, 0.05) is 23.4 Å². The minimum Gasteiger partial charge on any atom is -0.328 e. The van der Waals surface area contributed by atoms with E-state index in [1.807, 2.05) is 4.68 Å². The van der Waals surface area contributed by atoms with Crippen molar-refractivity contribution in [3.05, 3.63) is 46.7 Å². The maximum absolute atomic E-state index is 13.2. The number of hydrogen-bond donors (Lipinski definition) is 1. The van der Waals surface area contributed by atoms with Crippen LogP contribution in [0.3, 0.4) is 0 Å². The lowest BCUT2D eigenvalue weighted by molar-refractivity contribution is -0.118. The summed E-state index contributed by atoms with van der Waals surface area (Å²) >= 11 is 1.69. The summed E-state index contributed by atoms with van der Waals surface area (Å²) in [6, 6.07) is 8.21. The summed E-state index contributed by atoms with van der Waals surface area (Å²) in [6.07, 6.45) is 3.72. The number of aromatic nitrogens is 3. The van der Waals surface area contributed by atoms with Crippen molar-refractivity contribution in [2.24, 2.45) is 5.41 Å². The highest BCUT2D eigenvalue weighted by Gasteiger charge is 2.41. The van der Waals surface area contributed by atoms with E-state index in [2.05, 4.69) is 57.3 Å². The molecule has 5 nitrogen and oxygen atoms in total. The number of anilines is 1. The molecule has 0 radical (unpaired) electrons. The van der Waals surface area contributed by atoms with Crippen LogP contribution >= 0.6 is 11.8 Å². The molecular weight excluding hydrogens is 368 g/mol. The second-order valence-electron chi connectivity index (χ2n) is 8.64. The van der Waals surface area contributed by atoms with Crippen LogP contribution < -0.4 is 5.32 Å². The summed E-state index contributed by atoms with van der Waals surface area (Å²) in [5.41, 5.74) is 4.12. The highest BCUT2D eigenvalue weighted by molar-refractivity contribution is 7.99. The van der Waals surface area contributed by atoms with Crippen LogP contribution in [-0.4, -0.2) is 26.3 Å². The summed E-state index contributed by atoms with van der Waals surface area (Å²) in [6.45, 7) is 8.58. The highest BCUT2D eigenvalue weighted by atomic mass is 32.2. The maximum atomic E-state index is 13.2. The molecule has 0 bridgehead atoms. The van der Waals surface area contributed by atoms with Crippen molar-refractivity contribution in [2.45, 2.75) is 64.6 Å². The number of nitrogens with one attached hydrogen (secondary N) is 1. The van der Waals surface area contributed by atoms with Crippen LogP contribution in [0.5, 0.6) is 0 Å². The first-order valence-corrected chi connectivity index (χ1v) is 11.1. The van der Waals surface area contributed by atoms with Crippen molar-refractivity contribution >= 4 is 23.5 Å². The van der Waals surface area contributed by atoms with Gasteiger partial charge in [0.25, 0.3) is 0 Å². The van der Waals surface area contributed by atoms with E-state index in [9.17, 15) is 4.79 Å². The van der Waals surface area contributed by atoms with Gasteiger partial charge >= 0.3 is 0 Å². The molecule has 0 unspecified atom stereocenters. The number of aryl methyl sites for hydroxylation is 1. The molecule has 1 aliphatic carbocycles. The van der Waals surface area contributed by atoms with Crippen molar-refractivity contribution in [3.63, 3.8) is 0 Å². The molecule has 1 aliphatic heterocycles. The zero-order valence-electron chi connectivity index (χ0n) is 17.1. The van der Waals surface area contributed by atoms with Gasteiger partial charge in [-0.25, -0.2) is 4.68 Å². The molecular formula is C22H28N4OS. The molecule has 148 valence electrons. The fourth-order valence-electron chi connectivity index (χ4n) is 4.02. The van der Waals surface area contributed by atoms with Crippen LogP contribution in [0.2, 0.25) is 0 Å². The Balaban J connectivity index is 1.78. The van der Waals surface area contributed by atoms with Gasteiger partial charge in [-0.1, -0.05) is 68.8 Å². The molecule has 1 aromatic heterocycles. The van der Waals surface area contributed by atoms with Gasteiger partial charge in [0.15, 0.2) is 5.78 Å². The molecule has 0 spiro atoms. The molecule has 0 saturated heterocycles. The smallest absolute Gasteiger partial charge is 0.227 e. The van der Waals surface area contributed by atoms with Gasteiger partial charge in [0.05, 0.1) is 0 Å². The summed E-state index contributed by atoms with van der Waals surface area (Å²) in [5, 5.41) is 9.00. The van der Waals surface area contributed by atoms with E-state index >= 15 is 0 Å². The standard InChI is InChI=1S/C22H28N4OS/c1-5-6-11-28-21-24-20-23-16-12-22(3,4)13-17(27)18(16)19(26(20)25-21)15-9-7-14(2)8-10-15/h7-10,19H,5-6,11-13H2,1-4H3,(H,23,24,25)/t19-/m0/s1. The molecule has 2 aliphatic rings. The Bertz CT molecular complexity index is 927. The van der Waals surface area contributed by atoms with E-state index in [1.165, 1.54) is 5.56 Å². The fraction of sp³-hybridized carbons (Fsp3) is 0.500. The molecule has 6 heteroatoms. The molecule has 2 heterocycles. The number of benzene rings is 1. The Kier molecular flexibility index (Phi) is 5.08. The van der Waals surface area contributed by atoms with Crippen LogP contribution in [0.1, 0.15) is 63.6 Å². The molecule has 0 saturated carbocycles. The summed E-state index contributed by atoms with van der Waals surface area (Å²) in [4.78, 5) is 17.9. The first-order valence-electron chi connectivity index (χ1n) is 10.1.